The van der Waals surface area contributed by atoms with Crippen molar-refractivity contribution in [3.8, 4) is 11.5 Å². The van der Waals surface area contributed by atoms with Crippen molar-refractivity contribution in [1.29, 1.82) is 0 Å². The second kappa shape index (κ2) is 8.22. The number of hydrogen-bond acceptors (Lipinski definition) is 3. The maximum Gasteiger partial charge on any atom is 0.262 e. The van der Waals surface area contributed by atoms with Crippen molar-refractivity contribution in [1.82, 2.24) is 0 Å². The monoisotopic (exact) mass is 313 g/mol. The van der Waals surface area contributed by atoms with Gasteiger partial charge in [-0.15, -0.1) is 0 Å². The van der Waals surface area contributed by atoms with Gasteiger partial charge in [-0.05, 0) is 54.8 Å². The maximum atomic E-state index is 11.9. The van der Waals surface area contributed by atoms with Crippen LogP contribution in [-0.2, 0) is 4.79 Å². The van der Waals surface area contributed by atoms with E-state index in [1.807, 2.05) is 49.4 Å². The average molecular weight is 313 g/mol. The van der Waals surface area contributed by atoms with E-state index in [0.29, 0.717) is 18.3 Å². The first-order valence-electron chi connectivity index (χ1n) is 7.84. The number of carbonyl (C=O) groups is 1. The highest BCUT2D eigenvalue weighted by atomic mass is 16.5. The summed E-state index contributed by atoms with van der Waals surface area (Å²) in [5, 5.41) is 2.80. The fourth-order valence-electron chi connectivity index (χ4n) is 2.11. The standard InChI is InChI=1S/C19H23NO3/c1-4-22-17-10-8-16(9-11-17)20-19(21)13-23-18-7-5-6-15(12-18)14(2)3/h5-12,14H,4,13H2,1-3H3,(H,20,21). The van der Waals surface area contributed by atoms with Gasteiger partial charge in [0, 0.05) is 5.69 Å². The summed E-state index contributed by atoms with van der Waals surface area (Å²) in [5.74, 6) is 1.73. The van der Waals surface area contributed by atoms with Crippen LogP contribution in [0.3, 0.4) is 0 Å². The molecule has 122 valence electrons. The van der Waals surface area contributed by atoms with Crippen LogP contribution in [-0.4, -0.2) is 19.1 Å². The molecule has 0 aromatic heterocycles. The molecule has 0 saturated carbocycles. The van der Waals surface area contributed by atoms with Gasteiger partial charge < -0.3 is 14.8 Å². The highest BCUT2D eigenvalue weighted by Crippen LogP contribution is 2.20. The molecule has 2 rings (SSSR count). The molecule has 0 unspecified atom stereocenters. The molecule has 0 heterocycles. The molecule has 0 spiro atoms. The number of amides is 1. The number of anilines is 1. The predicted molar refractivity (Wildman–Crippen MR) is 92.3 cm³/mol. The Hall–Kier alpha value is -2.49. The number of carbonyl (C=O) groups excluding carboxylic acids is 1. The molecule has 23 heavy (non-hydrogen) atoms. The third-order valence-corrected chi connectivity index (χ3v) is 3.34. The Morgan fingerprint density at radius 3 is 2.43 bits per heavy atom. The van der Waals surface area contributed by atoms with E-state index in [4.69, 9.17) is 9.47 Å². The van der Waals surface area contributed by atoms with E-state index in [-0.39, 0.29) is 12.5 Å². The minimum Gasteiger partial charge on any atom is -0.494 e. The Balaban J connectivity index is 1.86. The summed E-state index contributed by atoms with van der Waals surface area (Å²) in [6.45, 7) is 6.78. The van der Waals surface area contributed by atoms with E-state index in [2.05, 4.69) is 25.2 Å². The topological polar surface area (TPSA) is 47.6 Å². The largest absolute Gasteiger partial charge is 0.494 e. The van der Waals surface area contributed by atoms with Crippen molar-refractivity contribution >= 4 is 11.6 Å². The summed E-state index contributed by atoms with van der Waals surface area (Å²) < 4.78 is 10.9. The Bertz CT molecular complexity index is 635. The predicted octanol–water partition coefficient (Wildman–Crippen LogP) is 4.23. The lowest BCUT2D eigenvalue weighted by atomic mass is 10.0. The first-order chi connectivity index (χ1) is 11.1. The van der Waals surface area contributed by atoms with E-state index in [0.717, 1.165) is 11.4 Å². The van der Waals surface area contributed by atoms with Gasteiger partial charge in [0.1, 0.15) is 11.5 Å². The molecule has 0 saturated heterocycles. The van der Waals surface area contributed by atoms with Crippen LogP contribution in [0.5, 0.6) is 11.5 Å². The van der Waals surface area contributed by atoms with Crippen molar-refractivity contribution in [3.63, 3.8) is 0 Å². The van der Waals surface area contributed by atoms with Crippen LogP contribution < -0.4 is 14.8 Å². The molecular formula is C19H23NO3. The number of ether oxygens (including phenoxy) is 2. The molecule has 0 aliphatic carbocycles. The zero-order chi connectivity index (χ0) is 16.7. The lowest BCUT2D eigenvalue weighted by Crippen LogP contribution is -2.20. The van der Waals surface area contributed by atoms with Crippen molar-refractivity contribution in [3.05, 3.63) is 54.1 Å². The fraction of sp³-hybridized carbons (Fsp3) is 0.316. The van der Waals surface area contributed by atoms with Crippen LogP contribution in [0.15, 0.2) is 48.5 Å². The van der Waals surface area contributed by atoms with Gasteiger partial charge in [0.15, 0.2) is 6.61 Å². The first kappa shape index (κ1) is 16.9. The lowest BCUT2D eigenvalue weighted by Gasteiger charge is -2.10. The van der Waals surface area contributed by atoms with Gasteiger partial charge >= 0.3 is 0 Å². The quantitative estimate of drug-likeness (QED) is 0.832. The third-order valence-electron chi connectivity index (χ3n) is 3.34. The zero-order valence-electron chi connectivity index (χ0n) is 13.8. The van der Waals surface area contributed by atoms with Crippen molar-refractivity contribution in [2.24, 2.45) is 0 Å². The second-order valence-corrected chi connectivity index (χ2v) is 5.52. The molecule has 0 aliphatic heterocycles. The van der Waals surface area contributed by atoms with Gasteiger partial charge in [-0.1, -0.05) is 26.0 Å². The van der Waals surface area contributed by atoms with Crippen LogP contribution in [0.1, 0.15) is 32.3 Å². The summed E-state index contributed by atoms with van der Waals surface area (Å²) in [4.78, 5) is 11.9. The molecule has 4 nitrogen and oxygen atoms in total. The summed E-state index contributed by atoms with van der Waals surface area (Å²) in [7, 11) is 0. The van der Waals surface area contributed by atoms with E-state index in [9.17, 15) is 4.79 Å². The van der Waals surface area contributed by atoms with Crippen LogP contribution in [0.4, 0.5) is 5.69 Å². The Morgan fingerprint density at radius 1 is 1.04 bits per heavy atom. The average Bonchev–Trinajstić information content (AvgIpc) is 2.55. The van der Waals surface area contributed by atoms with Crippen LogP contribution in [0.2, 0.25) is 0 Å². The molecule has 4 heteroatoms. The van der Waals surface area contributed by atoms with Crippen molar-refractivity contribution in [2.75, 3.05) is 18.5 Å². The molecule has 1 N–H and O–H groups in total. The molecule has 2 aromatic carbocycles. The van der Waals surface area contributed by atoms with Gasteiger partial charge in [0.25, 0.3) is 5.91 Å². The molecule has 0 radical (unpaired) electrons. The van der Waals surface area contributed by atoms with Crippen molar-refractivity contribution < 1.29 is 14.3 Å². The molecule has 0 aliphatic rings. The van der Waals surface area contributed by atoms with Gasteiger partial charge in [-0.2, -0.15) is 0 Å². The first-order valence-corrected chi connectivity index (χ1v) is 7.84. The highest BCUT2D eigenvalue weighted by Gasteiger charge is 2.06. The van der Waals surface area contributed by atoms with Crippen LogP contribution in [0, 0.1) is 0 Å². The van der Waals surface area contributed by atoms with Gasteiger partial charge in [-0.3, -0.25) is 4.79 Å². The molecular weight excluding hydrogens is 290 g/mol. The van der Waals surface area contributed by atoms with E-state index in [1.54, 1.807) is 0 Å². The lowest BCUT2D eigenvalue weighted by molar-refractivity contribution is -0.118. The minimum absolute atomic E-state index is 0.0191. The summed E-state index contributed by atoms with van der Waals surface area (Å²) in [6, 6.07) is 15.1. The molecule has 0 bridgehead atoms. The number of benzene rings is 2. The normalized spacial score (nSPS) is 10.4. The maximum absolute atomic E-state index is 11.9. The number of hydrogen-bond donors (Lipinski definition) is 1. The van der Waals surface area contributed by atoms with E-state index < -0.39 is 0 Å². The fourth-order valence-corrected chi connectivity index (χ4v) is 2.11. The van der Waals surface area contributed by atoms with Crippen molar-refractivity contribution in [2.45, 2.75) is 26.7 Å². The van der Waals surface area contributed by atoms with Gasteiger partial charge in [-0.25, -0.2) is 0 Å². The SMILES string of the molecule is CCOc1ccc(NC(=O)COc2cccc(C(C)C)c2)cc1. The van der Waals surface area contributed by atoms with E-state index in [1.165, 1.54) is 5.56 Å². The Morgan fingerprint density at radius 2 is 1.78 bits per heavy atom. The molecule has 2 aromatic rings. The zero-order valence-corrected chi connectivity index (χ0v) is 13.8. The smallest absolute Gasteiger partial charge is 0.262 e. The van der Waals surface area contributed by atoms with Crippen LogP contribution >= 0.6 is 0 Å². The Labute approximate surface area is 137 Å². The molecule has 1 amide bonds. The number of rotatable bonds is 7. The highest BCUT2D eigenvalue weighted by molar-refractivity contribution is 5.91. The summed E-state index contributed by atoms with van der Waals surface area (Å²) in [5.41, 5.74) is 1.91. The number of nitrogens with one attached hydrogen (secondary N) is 1. The second-order valence-electron chi connectivity index (χ2n) is 5.52. The van der Waals surface area contributed by atoms with Crippen LogP contribution in [0.25, 0.3) is 0 Å². The molecule has 0 atom stereocenters. The van der Waals surface area contributed by atoms with Gasteiger partial charge in [0.2, 0.25) is 0 Å². The van der Waals surface area contributed by atoms with Gasteiger partial charge in [0.05, 0.1) is 6.61 Å². The van der Waals surface area contributed by atoms with E-state index >= 15 is 0 Å². The molecule has 0 fully saturated rings. The Kier molecular flexibility index (Phi) is 6.03. The third kappa shape index (κ3) is 5.33. The minimum atomic E-state index is -0.191. The summed E-state index contributed by atoms with van der Waals surface area (Å²) in [6.07, 6.45) is 0. The summed E-state index contributed by atoms with van der Waals surface area (Å²) >= 11 is 0.